The number of morpholine rings is 1. The fourth-order valence-electron chi connectivity index (χ4n) is 4.39. The summed E-state index contributed by atoms with van der Waals surface area (Å²) in [6.07, 6.45) is 5.44. The summed E-state index contributed by atoms with van der Waals surface area (Å²) in [6.45, 7) is 10.6. The number of nitrogens with one attached hydrogen (secondary N) is 1. The molecule has 3 aliphatic rings. The Morgan fingerprint density at radius 1 is 1.09 bits per heavy atom. The maximum atomic E-state index is 12.5. The summed E-state index contributed by atoms with van der Waals surface area (Å²) in [4.78, 5) is 17.2. The van der Waals surface area contributed by atoms with Crippen molar-refractivity contribution < 1.29 is 9.53 Å². The van der Waals surface area contributed by atoms with Crippen molar-refractivity contribution in [1.82, 2.24) is 15.1 Å². The third kappa shape index (κ3) is 4.25. The average Bonchev–Trinajstić information content (AvgIpc) is 2.62. The highest BCUT2D eigenvalue weighted by Gasteiger charge is 2.32. The zero-order valence-corrected chi connectivity index (χ0v) is 14.8. The number of rotatable bonds is 3. The zero-order chi connectivity index (χ0) is 16.2. The maximum absolute atomic E-state index is 12.5. The van der Waals surface area contributed by atoms with E-state index in [1.807, 2.05) is 4.90 Å². The van der Waals surface area contributed by atoms with Gasteiger partial charge < -0.3 is 15.0 Å². The second-order valence-corrected chi connectivity index (χ2v) is 7.76. The summed E-state index contributed by atoms with van der Waals surface area (Å²) in [5.41, 5.74) is 0. The van der Waals surface area contributed by atoms with E-state index in [9.17, 15) is 4.79 Å². The first kappa shape index (κ1) is 17.2. The Morgan fingerprint density at radius 3 is 2.35 bits per heavy atom. The van der Waals surface area contributed by atoms with Gasteiger partial charge in [0, 0.05) is 38.8 Å². The van der Waals surface area contributed by atoms with E-state index in [1.54, 1.807) is 0 Å². The molecule has 0 radical (unpaired) electrons. The molecule has 0 aromatic carbocycles. The first-order valence-electron chi connectivity index (χ1n) is 9.49. The summed E-state index contributed by atoms with van der Waals surface area (Å²) in [5, 5.41) is 3.28. The molecule has 0 bridgehead atoms. The number of carbonyl (C=O) groups is 1. The quantitative estimate of drug-likeness (QED) is 0.851. The first-order chi connectivity index (χ1) is 11.1. The lowest BCUT2D eigenvalue weighted by Crippen LogP contribution is -2.58. The van der Waals surface area contributed by atoms with Gasteiger partial charge in [0.25, 0.3) is 0 Å². The van der Waals surface area contributed by atoms with Crippen LogP contribution in [0.5, 0.6) is 0 Å². The van der Waals surface area contributed by atoms with E-state index in [2.05, 4.69) is 24.1 Å². The van der Waals surface area contributed by atoms with Crippen molar-refractivity contribution in [3.05, 3.63) is 0 Å². The molecule has 3 rings (SSSR count). The average molecular weight is 323 g/mol. The summed E-state index contributed by atoms with van der Waals surface area (Å²) in [7, 11) is 0. The van der Waals surface area contributed by atoms with Gasteiger partial charge in [-0.2, -0.15) is 0 Å². The summed E-state index contributed by atoms with van der Waals surface area (Å²) in [6, 6.07) is 0.621. The standard InChI is InChI=1S/C18H33N3O2/c1-14(2)15-3-5-16(6-4-15)20-8-10-21(11-9-20)18(22)17-13-23-12-7-19-17/h14-17,19H,3-13H2,1-2H3. The number of ether oxygens (including phenoxy) is 1. The van der Waals surface area contributed by atoms with E-state index >= 15 is 0 Å². The molecule has 0 aromatic heterocycles. The van der Waals surface area contributed by atoms with Crippen molar-refractivity contribution >= 4 is 5.91 Å². The van der Waals surface area contributed by atoms with Crippen LogP contribution in [0.15, 0.2) is 0 Å². The number of piperazine rings is 1. The molecule has 132 valence electrons. The first-order valence-corrected chi connectivity index (χ1v) is 9.49. The van der Waals surface area contributed by atoms with Crippen LogP contribution in [0.2, 0.25) is 0 Å². The van der Waals surface area contributed by atoms with Gasteiger partial charge >= 0.3 is 0 Å². The highest BCUT2D eigenvalue weighted by atomic mass is 16.5. The number of hydrogen-bond acceptors (Lipinski definition) is 4. The lowest BCUT2D eigenvalue weighted by atomic mass is 9.79. The van der Waals surface area contributed by atoms with Gasteiger partial charge in [0.15, 0.2) is 0 Å². The Kier molecular flexibility index (Phi) is 5.94. The fourth-order valence-corrected chi connectivity index (χ4v) is 4.39. The van der Waals surface area contributed by atoms with Crippen LogP contribution in [-0.4, -0.2) is 73.7 Å². The zero-order valence-electron chi connectivity index (χ0n) is 14.8. The van der Waals surface area contributed by atoms with Gasteiger partial charge in [-0.15, -0.1) is 0 Å². The third-order valence-electron chi connectivity index (χ3n) is 6.05. The number of amides is 1. The summed E-state index contributed by atoms with van der Waals surface area (Å²) < 4.78 is 5.42. The molecule has 23 heavy (non-hydrogen) atoms. The molecule has 1 N–H and O–H groups in total. The molecule has 3 fully saturated rings. The van der Waals surface area contributed by atoms with Gasteiger partial charge in [0.2, 0.25) is 5.91 Å². The van der Waals surface area contributed by atoms with E-state index < -0.39 is 0 Å². The molecule has 1 unspecified atom stereocenters. The minimum atomic E-state index is -0.128. The van der Waals surface area contributed by atoms with Crippen LogP contribution in [0, 0.1) is 11.8 Å². The molecule has 1 aliphatic carbocycles. The van der Waals surface area contributed by atoms with Crippen molar-refractivity contribution in [3.8, 4) is 0 Å². The van der Waals surface area contributed by atoms with Crippen molar-refractivity contribution in [3.63, 3.8) is 0 Å². The smallest absolute Gasteiger partial charge is 0.242 e. The van der Waals surface area contributed by atoms with Gasteiger partial charge in [-0.1, -0.05) is 13.8 Å². The third-order valence-corrected chi connectivity index (χ3v) is 6.05. The van der Waals surface area contributed by atoms with E-state index in [0.29, 0.717) is 6.61 Å². The molecule has 2 heterocycles. The van der Waals surface area contributed by atoms with Crippen LogP contribution in [0.4, 0.5) is 0 Å². The van der Waals surface area contributed by atoms with Crippen LogP contribution < -0.4 is 5.32 Å². The Balaban J connectivity index is 1.42. The van der Waals surface area contributed by atoms with E-state index in [4.69, 9.17) is 4.74 Å². The van der Waals surface area contributed by atoms with Crippen LogP contribution in [0.25, 0.3) is 0 Å². The Morgan fingerprint density at radius 2 is 1.78 bits per heavy atom. The van der Waals surface area contributed by atoms with Gasteiger partial charge in [0.05, 0.1) is 13.2 Å². The molecule has 1 saturated carbocycles. The molecular weight excluding hydrogens is 290 g/mol. The lowest BCUT2D eigenvalue weighted by Gasteiger charge is -2.43. The Hall–Kier alpha value is -0.650. The molecule has 5 heteroatoms. The van der Waals surface area contributed by atoms with Gasteiger partial charge in [-0.05, 0) is 37.5 Å². The van der Waals surface area contributed by atoms with Crippen molar-refractivity contribution in [2.75, 3.05) is 45.9 Å². The van der Waals surface area contributed by atoms with Crippen molar-refractivity contribution in [2.45, 2.75) is 51.6 Å². The van der Waals surface area contributed by atoms with Crippen LogP contribution in [0.3, 0.4) is 0 Å². The van der Waals surface area contributed by atoms with Crippen LogP contribution in [-0.2, 0) is 9.53 Å². The molecule has 2 aliphatic heterocycles. The minimum Gasteiger partial charge on any atom is -0.378 e. The molecule has 1 amide bonds. The van der Waals surface area contributed by atoms with Crippen LogP contribution >= 0.6 is 0 Å². The van der Waals surface area contributed by atoms with Crippen molar-refractivity contribution in [2.24, 2.45) is 11.8 Å². The molecular formula is C18H33N3O2. The second-order valence-electron chi connectivity index (χ2n) is 7.76. The Bertz CT molecular complexity index is 380. The van der Waals surface area contributed by atoms with Gasteiger partial charge in [0.1, 0.15) is 6.04 Å². The predicted octanol–water partition coefficient (Wildman–Crippen LogP) is 1.33. The number of carbonyl (C=O) groups excluding carboxylic acids is 1. The number of hydrogen-bond donors (Lipinski definition) is 1. The second kappa shape index (κ2) is 7.95. The topological polar surface area (TPSA) is 44.8 Å². The van der Waals surface area contributed by atoms with Crippen molar-refractivity contribution in [1.29, 1.82) is 0 Å². The molecule has 2 saturated heterocycles. The summed E-state index contributed by atoms with van der Waals surface area (Å²) in [5.74, 6) is 1.98. The van der Waals surface area contributed by atoms with E-state index in [-0.39, 0.29) is 11.9 Å². The molecule has 0 spiro atoms. The minimum absolute atomic E-state index is 0.128. The molecule has 1 atom stereocenters. The monoisotopic (exact) mass is 323 g/mol. The fraction of sp³-hybridized carbons (Fsp3) is 0.944. The van der Waals surface area contributed by atoms with E-state index in [0.717, 1.165) is 57.2 Å². The normalized spacial score (nSPS) is 33.9. The SMILES string of the molecule is CC(C)C1CCC(N2CCN(C(=O)C3COCCN3)CC2)CC1. The Labute approximate surface area is 140 Å². The maximum Gasteiger partial charge on any atom is 0.242 e. The highest BCUT2D eigenvalue weighted by molar-refractivity contribution is 5.82. The largest absolute Gasteiger partial charge is 0.378 e. The summed E-state index contributed by atoms with van der Waals surface area (Å²) >= 11 is 0. The highest BCUT2D eigenvalue weighted by Crippen LogP contribution is 2.32. The van der Waals surface area contributed by atoms with E-state index in [1.165, 1.54) is 25.7 Å². The number of nitrogens with zero attached hydrogens (tertiary/aromatic N) is 2. The van der Waals surface area contributed by atoms with Gasteiger partial charge in [-0.3, -0.25) is 9.69 Å². The molecule has 5 nitrogen and oxygen atoms in total. The lowest BCUT2D eigenvalue weighted by molar-refractivity contribution is -0.138. The molecule has 0 aromatic rings. The predicted molar refractivity (Wildman–Crippen MR) is 91.3 cm³/mol. The van der Waals surface area contributed by atoms with Gasteiger partial charge in [-0.25, -0.2) is 0 Å². The van der Waals surface area contributed by atoms with Crippen LogP contribution in [0.1, 0.15) is 39.5 Å².